The topological polar surface area (TPSA) is 74.7 Å². The van der Waals surface area contributed by atoms with E-state index in [1.54, 1.807) is 24.3 Å². The van der Waals surface area contributed by atoms with E-state index in [-0.39, 0.29) is 12.2 Å². The van der Waals surface area contributed by atoms with E-state index in [0.29, 0.717) is 25.1 Å². The van der Waals surface area contributed by atoms with Gasteiger partial charge in [-0.15, -0.1) is 0 Å². The van der Waals surface area contributed by atoms with Crippen molar-refractivity contribution in [3.8, 4) is 0 Å². The van der Waals surface area contributed by atoms with Gasteiger partial charge in [0.15, 0.2) is 0 Å². The Morgan fingerprint density at radius 3 is 2.44 bits per heavy atom. The number of rotatable bonds is 4. The smallest absolute Gasteiger partial charge is 0.303 e. The van der Waals surface area contributed by atoms with Gasteiger partial charge in [-0.2, -0.15) is 0 Å². The third-order valence-corrected chi connectivity index (χ3v) is 4.82. The molecule has 1 aromatic carbocycles. The normalized spacial score (nSPS) is 17.9. The first-order chi connectivity index (χ1) is 8.49. The number of nitrogens with zero attached hydrogens (tertiary/aromatic N) is 1. The van der Waals surface area contributed by atoms with Crippen LogP contribution in [0.2, 0.25) is 0 Å². The zero-order valence-corrected chi connectivity index (χ0v) is 10.7. The van der Waals surface area contributed by atoms with Crippen molar-refractivity contribution >= 4 is 21.7 Å². The molecule has 6 heteroatoms. The lowest BCUT2D eigenvalue weighted by Crippen LogP contribution is -2.24. The summed E-state index contributed by atoms with van der Waals surface area (Å²) in [5, 5.41) is 8.58. The summed E-state index contributed by atoms with van der Waals surface area (Å²) >= 11 is 0. The van der Waals surface area contributed by atoms with Gasteiger partial charge in [0.25, 0.3) is 0 Å². The third kappa shape index (κ3) is 2.81. The Morgan fingerprint density at radius 1 is 1.28 bits per heavy atom. The van der Waals surface area contributed by atoms with Crippen LogP contribution in [0.4, 0.5) is 5.69 Å². The zero-order valence-electron chi connectivity index (χ0n) is 9.87. The molecule has 1 aromatic rings. The first-order valence-electron chi connectivity index (χ1n) is 5.80. The zero-order chi connectivity index (χ0) is 13.2. The standard InChI is InChI=1S/C12H15NO4S/c14-12(15)7-4-10-2-5-11(6-3-10)13-8-1-9-18(13,16)17/h2-3,5-6H,1,4,7-9H2,(H,14,15). The van der Waals surface area contributed by atoms with Gasteiger partial charge in [0.2, 0.25) is 10.0 Å². The number of aliphatic carboxylic acids is 1. The largest absolute Gasteiger partial charge is 0.481 e. The number of hydrogen-bond donors (Lipinski definition) is 1. The SMILES string of the molecule is O=C(O)CCc1ccc(N2CCCS2(=O)=O)cc1. The Hall–Kier alpha value is -1.56. The Labute approximate surface area is 106 Å². The van der Waals surface area contributed by atoms with Crippen LogP contribution in [0.1, 0.15) is 18.4 Å². The van der Waals surface area contributed by atoms with Crippen LogP contribution in [0.25, 0.3) is 0 Å². The molecule has 0 unspecified atom stereocenters. The summed E-state index contributed by atoms with van der Waals surface area (Å²) in [5.41, 5.74) is 1.56. The summed E-state index contributed by atoms with van der Waals surface area (Å²) < 4.78 is 24.8. The van der Waals surface area contributed by atoms with E-state index in [1.807, 2.05) is 0 Å². The van der Waals surface area contributed by atoms with E-state index in [9.17, 15) is 13.2 Å². The fourth-order valence-electron chi connectivity index (χ4n) is 2.01. The minimum atomic E-state index is -3.14. The van der Waals surface area contributed by atoms with Crippen molar-refractivity contribution in [1.29, 1.82) is 0 Å². The van der Waals surface area contributed by atoms with Crippen LogP contribution in [-0.4, -0.2) is 31.8 Å². The number of carbonyl (C=O) groups is 1. The van der Waals surface area contributed by atoms with E-state index < -0.39 is 16.0 Å². The van der Waals surface area contributed by atoms with Crippen molar-refractivity contribution < 1.29 is 18.3 Å². The van der Waals surface area contributed by atoms with Gasteiger partial charge < -0.3 is 5.11 Å². The summed E-state index contributed by atoms with van der Waals surface area (Å²) in [6.45, 7) is 0.525. The molecule has 0 atom stereocenters. The predicted octanol–water partition coefficient (Wildman–Crippen LogP) is 1.24. The molecule has 1 heterocycles. The molecule has 0 amide bonds. The molecule has 0 saturated carbocycles. The van der Waals surface area contributed by atoms with Crippen molar-refractivity contribution in [2.75, 3.05) is 16.6 Å². The Balaban J connectivity index is 2.10. The molecule has 2 rings (SSSR count). The Bertz CT molecular complexity index is 536. The lowest BCUT2D eigenvalue weighted by atomic mass is 10.1. The molecule has 0 radical (unpaired) electrons. The fraction of sp³-hybridized carbons (Fsp3) is 0.417. The number of benzene rings is 1. The first-order valence-corrected chi connectivity index (χ1v) is 7.41. The van der Waals surface area contributed by atoms with Crippen LogP contribution < -0.4 is 4.31 Å². The molecule has 1 N–H and O–H groups in total. The van der Waals surface area contributed by atoms with Gasteiger partial charge in [0.05, 0.1) is 11.4 Å². The molecule has 1 saturated heterocycles. The first kappa shape index (κ1) is 12.9. The minimum absolute atomic E-state index is 0.0847. The quantitative estimate of drug-likeness (QED) is 0.892. The van der Waals surface area contributed by atoms with Crippen LogP contribution in [0.5, 0.6) is 0 Å². The molecule has 98 valence electrons. The van der Waals surface area contributed by atoms with Gasteiger partial charge in [0, 0.05) is 13.0 Å². The van der Waals surface area contributed by atoms with Crippen LogP contribution in [0.15, 0.2) is 24.3 Å². The lowest BCUT2D eigenvalue weighted by Gasteiger charge is -2.16. The Morgan fingerprint density at radius 2 is 1.94 bits per heavy atom. The molecule has 1 aliphatic heterocycles. The fourth-order valence-corrected chi connectivity index (χ4v) is 3.57. The number of hydrogen-bond acceptors (Lipinski definition) is 3. The monoisotopic (exact) mass is 269 g/mol. The molecule has 0 aliphatic carbocycles. The van der Waals surface area contributed by atoms with Gasteiger partial charge in [-0.1, -0.05) is 12.1 Å². The van der Waals surface area contributed by atoms with Crippen molar-refractivity contribution in [1.82, 2.24) is 0 Å². The second-order valence-corrected chi connectivity index (χ2v) is 6.31. The van der Waals surface area contributed by atoms with Crippen molar-refractivity contribution in [3.05, 3.63) is 29.8 Å². The van der Waals surface area contributed by atoms with E-state index in [0.717, 1.165) is 5.56 Å². The summed E-state index contributed by atoms with van der Waals surface area (Å²) in [7, 11) is -3.14. The molecule has 0 aromatic heterocycles. The molecule has 5 nitrogen and oxygen atoms in total. The highest BCUT2D eigenvalue weighted by Gasteiger charge is 2.28. The minimum Gasteiger partial charge on any atom is -0.481 e. The van der Waals surface area contributed by atoms with E-state index >= 15 is 0 Å². The number of sulfonamides is 1. The van der Waals surface area contributed by atoms with Gasteiger partial charge in [0.1, 0.15) is 0 Å². The molecular weight excluding hydrogens is 254 g/mol. The second-order valence-electron chi connectivity index (χ2n) is 4.30. The van der Waals surface area contributed by atoms with Crippen LogP contribution in [-0.2, 0) is 21.2 Å². The second kappa shape index (κ2) is 4.97. The number of carboxylic acid groups (broad SMARTS) is 1. The van der Waals surface area contributed by atoms with Crippen molar-refractivity contribution in [2.45, 2.75) is 19.3 Å². The highest BCUT2D eigenvalue weighted by Crippen LogP contribution is 2.24. The number of aryl methyl sites for hydroxylation is 1. The van der Waals surface area contributed by atoms with Crippen LogP contribution in [0, 0.1) is 0 Å². The number of carboxylic acids is 1. The summed E-state index contributed by atoms with van der Waals surface area (Å²) in [5.74, 6) is -0.630. The maximum Gasteiger partial charge on any atom is 0.303 e. The molecule has 1 fully saturated rings. The molecule has 0 spiro atoms. The van der Waals surface area contributed by atoms with Crippen molar-refractivity contribution in [2.24, 2.45) is 0 Å². The summed E-state index contributed by atoms with van der Waals surface area (Å²) in [6, 6.07) is 7.04. The van der Waals surface area contributed by atoms with Gasteiger partial charge >= 0.3 is 5.97 Å². The average molecular weight is 269 g/mol. The van der Waals surface area contributed by atoms with Gasteiger partial charge in [-0.05, 0) is 30.5 Å². The highest BCUT2D eigenvalue weighted by atomic mass is 32.2. The third-order valence-electron chi connectivity index (χ3n) is 2.95. The molecule has 18 heavy (non-hydrogen) atoms. The van der Waals surface area contributed by atoms with Crippen LogP contribution in [0.3, 0.4) is 0 Å². The molecule has 1 aliphatic rings. The highest BCUT2D eigenvalue weighted by molar-refractivity contribution is 7.93. The number of anilines is 1. The predicted molar refractivity (Wildman–Crippen MR) is 68.1 cm³/mol. The van der Waals surface area contributed by atoms with E-state index in [1.165, 1.54) is 4.31 Å². The lowest BCUT2D eigenvalue weighted by molar-refractivity contribution is -0.136. The van der Waals surface area contributed by atoms with Crippen molar-refractivity contribution in [3.63, 3.8) is 0 Å². The molecule has 0 bridgehead atoms. The maximum atomic E-state index is 11.7. The average Bonchev–Trinajstić information content (AvgIpc) is 2.67. The van der Waals surface area contributed by atoms with Gasteiger partial charge in [-0.25, -0.2) is 8.42 Å². The molecular formula is C12H15NO4S. The summed E-state index contributed by atoms with van der Waals surface area (Å²) in [4.78, 5) is 10.4. The van der Waals surface area contributed by atoms with E-state index in [2.05, 4.69) is 0 Å². The van der Waals surface area contributed by atoms with Crippen LogP contribution >= 0.6 is 0 Å². The van der Waals surface area contributed by atoms with E-state index in [4.69, 9.17) is 5.11 Å². The van der Waals surface area contributed by atoms with Gasteiger partial charge in [-0.3, -0.25) is 9.10 Å². The maximum absolute atomic E-state index is 11.7. The summed E-state index contributed by atoms with van der Waals surface area (Å²) in [6.07, 6.45) is 1.20. The Kier molecular flexibility index (Phi) is 3.56.